The highest BCUT2D eigenvalue weighted by atomic mass is 35.5. The van der Waals surface area contributed by atoms with Gasteiger partial charge in [-0.25, -0.2) is 4.79 Å². The molecule has 4 heteroatoms. The van der Waals surface area contributed by atoms with Gasteiger partial charge in [0.2, 0.25) is 0 Å². The van der Waals surface area contributed by atoms with Crippen LogP contribution in [0.1, 0.15) is 32.3 Å². The van der Waals surface area contributed by atoms with E-state index in [1.807, 2.05) is 6.92 Å². The predicted molar refractivity (Wildman–Crippen MR) is 76.0 cm³/mol. The second-order valence-corrected chi connectivity index (χ2v) is 4.38. The molecular formula is C15H17ClO3. The van der Waals surface area contributed by atoms with Crippen molar-refractivity contribution in [1.29, 1.82) is 0 Å². The van der Waals surface area contributed by atoms with Gasteiger partial charge in [-0.1, -0.05) is 36.7 Å². The molecule has 0 aromatic heterocycles. The molecule has 0 fully saturated rings. The summed E-state index contributed by atoms with van der Waals surface area (Å²) < 4.78 is 4.91. The van der Waals surface area contributed by atoms with Crippen LogP contribution < -0.4 is 0 Å². The number of ether oxygens (including phenoxy) is 1. The zero-order valence-electron chi connectivity index (χ0n) is 11.1. The Balaban J connectivity index is 3.12. The fourth-order valence-electron chi connectivity index (χ4n) is 1.57. The van der Waals surface area contributed by atoms with Crippen LogP contribution in [0, 0.1) is 0 Å². The Bertz CT molecular complexity index is 472. The Morgan fingerprint density at radius 1 is 1.26 bits per heavy atom. The third-order valence-electron chi connectivity index (χ3n) is 2.48. The zero-order chi connectivity index (χ0) is 14.3. The van der Waals surface area contributed by atoms with Crippen molar-refractivity contribution >= 4 is 29.4 Å². The molecule has 1 aromatic rings. The van der Waals surface area contributed by atoms with Crippen LogP contribution in [0.25, 0.3) is 6.08 Å². The molecule has 0 bridgehead atoms. The number of halogens is 1. The lowest BCUT2D eigenvalue weighted by molar-refractivity contribution is -0.139. The molecule has 0 saturated carbocycles. The lowest BCUT2D eigenvalue weighted by atomic mass is 10.0. The number of carbonyl (C=O) groups excluding carboxylic acids is 2. The van der Waals surface area contributed by atoms with Gasteiger partial charge in [-0.15, -0.1) is 0 Å². The van der Waals surface area contributed by atoms with Crippen molar-refractivity contribution in [2.75, 3.05) is 6.61 Å². The molecule has 0 N–H and O–H groups in total. The number of carbonyl (C=O) groups is 2. The molecule has 0 unspecified atom stereocenters. The molecule has 102 valence electrons. The number of ketones is 1. The summed E-state index contributed by atoms with van der Waals surface area (Å²) in [7, 11) is 0. The van der Waals surface area contributed by atoms with Crippen molar-refractivity contribution in [2.24, 2.45) is 0 Å². The van der Waals surface area contributed by atoms with E-state index >= 15 is 0 Å². The summed E-state index contributed by atoms with van der Waals surface area (Å²) in [6.07, 6.45) is 2.49. The molecule has 0 saturated heterocycles. The topological polar surface area (TPSA) is 43.4 Å². The molecule has 0 amide bonds. The standard InChI is InChI=1S/C15H17ClO3/c1-3-7-14(17)12(15(18)19-4-2)10-11-8-5-6-9-13(11)16/h5-6,8-10H,3-4,7H2,1-2H3/b12-10-. The van der Waals surface area contributed by atoms with E-state index in [-0.39, 0.29) is 18.0 Å². The summed E-state index contributed by atoms with van der Waals surface area (Å²) >= 11 is 6.02. The van der Waals surface area contributed by atoms with Crippen LogP contribution in [0.3, 0.4) is 0 Å². The average molecular weight is 281 g/mol. The molecule has 19 heavy (non-hydrogen) atoms. The minimum Gasteiger partial charge on any atom is -0.462 e. The van der Waals surface area contributed by atoms with Crippen molar-refractivity contribution < 1.29 is 14.3 Å². The second kappa shape index (κ2) is 7.74. The highest BCUT2D eigenvalue weighted by Crippen LogP contribution is 2.19. The van der Waals surface area contributed by atoms with Crippen LogP contribution in [0.5, 0.6) is 0 Å². The van der Waals surface area contributed by atoms with E-state index in [4.69, 9.17) is 16.3 Å². The average Bonchev–Trinajstić information content (AvgIpc) is 2.38. The first-order chi connectivity index (χ1) is 9.10. The first kappa shape index (κ1) is 15.4. The van der Waals surface area contributed by atoms with Crippen molar-refractivity contribution in [3.63, 3.8) is 0 Å². The molecule has 0 atom stereocenters. The SMILES string of the molecule is CCCC(=O)/C(=C/c1ccccc1Cl)C(=O)OCC. The maximum absolute atomic E-state index is 12.0. The van der Waals surface area contributed by atoms with E-state index in [2.05, 4.69) is 0 Å². The minimum atomic E-state index is -0.596. The molecule has 0 heterocycles. The molecule has 0 spiro atoms. The number of hydrogen-bond acceptors (Lipinski definition) is 3. The van der Waals surface area contributed by atoms with Crippen molar-refractivity contribution in [2.45, 2.75) is 26.7 Å². The van der Waals surface area contributed by atoms with Crippen LogP contribution in [0.2, 0.25) is 5.02 Å². The Kier molecular flexibility index (Phi) is 6.30. The number of esters is 1. The molecule has 3 nitrogen and oxygen atoms in total. The smallest absolute Gasteiger partial charge is 0.341 e. The van der Waals surface area contributed by atoms with Gasteiger partial charge in [-0.2, -0.15) is 0 Å². The number of benzene rings is 1. The number of hydrogen-bond donors (Lipinski definition) is 0. The maximum Gasteiger partial charge on any atom is 0.341 e. The number of rotatable bonds is 6. The molecule has 0 aliphatic rings. The lowest BCUT2D eigenvalue weighted by Gasteiger charge is -2.06. The van der Waals surface area contributed by atoms with Gasteiger partial charge in [0, 0.05) is 11.4 Å². The van der Waals surface area contributed by atoms with Crippen molar-refractivity contribution in [3.8, 4) is 0 Å². The Labute approximate surface area is 118 Å². The van der Waals surface area contributed by atoms with Crippen LogP contribution >= 0.6 is 11.6 Å². The van der Waals surface area contributed by atoms with Gasteiger partial charge in [-0.3, -0.25) is 4.79 Å². The van der Waals surface area contributed by atoms with Crippen LogP contribution in [0.15, 0.2) is 29.8 Å². The highest BCUT2D eigenvalue weighted by Gasteiger charge is 2.19. The Morgan fingerprint density at radius 3 is 2.53 bits per heavy atom. The summed E-state index contributed by atoms with van der Waals surface area (Å²) in [5.74, 6) is -0.818. The molecule has 1 rings (SSSR count). The fourth-order valence-corrected chi connectivity index (χ4v) is 1.76. The Hall–Kier alpha value is -1.61. The minimum absolute atomic E-state index is 0.0526. The van der Waals surface area contributed by atoms with E-state index in [9.17, 15) is 9.59 Å². The summed E-state index contributed by atoms with van der Waals surface area (Å²) in [4.78, 5) is 23.8. The Morgan fingerprint density at radius 2 is 1.95 bits per heavy atom. The largest absolute Gasteiger partial charge is 0.462 e. The third-order valence-corrected chi connectivity index (χ3v) is 2.82. The zero-order valence-corrected chi connectivity index (χ0v) is 11.9. The van der Waals surface area contributed by atoms with Gasteiger partial charge >= 0.3 is 5.97 Å². The molecule has 0 radical (unpaired) electrons. The quantitative estimate of drug-likeness (QED) is 0.346. The first-order valence-corrected chi connectivity index (χ1v) is 6.64. The lowest BCUT2D eigenvalue weighted by Crippen LogP contribution is -2.15. The van der Waals surface area contributed by atoms with Crippen LogP contribution in [0.4, 0.5) is 0 Å². The summed E-state index contributed by atoms with van der Waals surface area (Å²) in [5.41, 5.74) is 0.688. The van der Waals surface area contributed by atoms with E-state index < -0.39 is 5.97 Å². The predicted octanol–water partition coefficient (Wildman–Crippen LogP) is 3.66. The summed E-state index contributed by atoms with van der Waals surface area (Å²) in [6, 6.07) is 7.05. The van der Waals surface area contributed by atoms with E-state index in [1.54, 1.807) is 31.2 Å². The summed E-state index contributed by atoms with van der Waals surface area (Å²) in [5, 5.41) is 0.494. The second-order valence-electron chi connectivity index (χ2n) is 3.97. The van der Waals surface area contributed by atoms with Crippen LogP contribution in [-0.4, -0.2) is 18.4 Å². The van der Waals surface area contributed by atoms with Crippen molar-refractivity contribution in [3.05, 3.63) is 40.4 Å². The maximum atomic E-state index is 12.0. The normalized spacial score (nSPS) is 11.2. The fraction of sp³-hybridized carbons (Fsp3) is 0.333. The molecule has 1 aromatic carbocycles. The van der Waals surface area contributed by atoms with Gasteiger partial charge < -0.3 is 4.74 Å². The third kappa shape index (κ3) is 4.52. The van der Waals surface area contributed by atoms with Gasteiger partial charge in [-0.05, 0) is 31.1 Å². The summed E-state index contributed by atoms with van der Waals surface area (Å²) in [6.45, 7) is 3.82. The van der Waals surface area contributed by atoms with Gasteiger partial charge in [0.1, 0.15) is 5.57 Å². The highest BCUT2D eigenvalue weighted by molar-refractivity contribution is 6.32. The van der Waals surface area contributed by atoms with Gasteiger partial charge in [0.25, 0.3) is 0 Å². The van der Waals surface area contributed by atoms with E-state index in [0.29, 0.717) is 23.4 Å². The molecule has 0 aliphatic carbocycles. The molecule has 0 aliphatic heterocycles. The van der Waals surface area contributed by atoms with Gasteiger partial charge in [0.15, 0.2) is 5.78 Å². The van der Waals surface area contributed by atoms with E-state index in [1.165, 1.54) is 6.08 Å². The molecular weight excluding hydrogens is 264 g/mol. The van der Waals surface area contributed by atoms with Gasteiger partial charge in [0.05, 0.1) is 6.61 Å². The monoisotopic (exact) mass is 280 g/mol. The van der Waals surface area contributed by atoms with E-state index in [0.717, 1.165) is 0 Å². The number of Topliss-reactive ketones (excluding diaryl/α,β-unsaturated/α-hetero) is 1. The van der Waals surface area contributed by atoms with Crippen LogP contribution in [-0.2, 0) is 14.3 Å². The first-order valence-electron chi connectivity index (χ1n) is 6.26. The van der Waals surface area contributed by atoms with Crippen molar-refractivity contribution in [1.82, 2.24) is 0 Å².